The van der Waals surface area contributed by atoms with Crippen LogP contribution in [0.5, 0.6) is 0 Å². The lowest BCUT2D eigenvalue weighted by Gasteiger charge is -2.24. The van der Waals surface area contributed by atoms with Crippen molar-refractivity contribution in [3.63, 3.8) is 0 Å². The highest BCUT2D eigenvalue weighted by Gasteiger charge is 2.22. The molecular formula is C16H13BrN4OS2. The lowest BCUT2D eigenvalue weighted by Crippen LogP contribution is -2.25. The molecule has 1 amide bonds. The predicted molar refractivity (Wildman–Crippen MR) is 103 cm³/mol. The summed E-state index contributed by atoms with van der Waals surface area (Å²) >= 11 is 9.75. The van der Waals surface area contributed by atoms with E-state index in [2.05, 4.69) is 33.4 Å². The lowest BCUT2D eigenvalue weighted by atomic mass is 10.1. The average Bonchev–Trinajstić information content (AvgIpc) is 2.86. The number of nitrogens with zero attached hydrogens (tertiary/aromatic N) is 3. The number of nitriles is 2. The summed E-state index contributed by atoms with van der Waals surface area (Å²) in [7, 11) is 0. The zero-order valence-electron chi connectivity index (χ0n) is 12.6. The van der Waals surface area contributed by atoms with Gasteiger partial charge in [0, 0.05) is 17.6 Å². The maximum atomic E-state index is 11.7. The van der Waals surface area contributed by atoms with Crippen molar-refractivity contribution >= 4 is 61.9 Å². The molecule has 0 spiro atoms. The van der Waals surface area contributed by atoms with E-state index in [1.807, 2.05) is 23.1 Å². The van der Waals surface area contributed by atoms with Crippen LogP contribution < -0.4 is 10.2 Å². The van der Waals surface area contributed by atoms with Crippen LogP contribution >= 0.6 is 39.9 Å². The zero-order valence-corrected chi connectivity index (χ0v) is 15.8. The van der Waals surface area contributed by atoms with Crippen molar-refractivity contribution in [2.75, 3.05) is 18.0 Å². The molecule has 1 fully saturated rings. The molecule has 1 heterocycles. The Morgan fingerprint density at radius 2 is 1.96 bits per heavy atom. The smallest absolute Gasteiger partial charge is 0.263 e. The molecule has 0 bridgehead atoms. The van der Waals surface area contributed by atoms with Crippen molar-refractivity contribution in [3.05, 3.63) is 33.1 Å². The molecule has 0 atom stereocenters. The van der Waals surface area contributed by atoms with E-state index in [9.17, 15) is 4.79 Å². The minimum Gasteiger partial charge on any atom is -0.369 e. The monoisotopic (exact) mass is 420 g/mol. The maximum Gasteiger partial charge on any atom is 0.263 e. The first-order valence-corrected chi connectivity index (χ1v) is 9.10. The number of rotatable bonds is 6. The predicted octanol–water partition coefficient (Wildman–Crippen LogP) is 3.57. The second kappa shape index (κ2) is 8.84. The SMILES string of the molecule is N#CCCN(CCC#N)c1ccc(/C=C2\SC(=S)NC2=O)cc1Br. The molecule has 2 rings (SSSR count). The fourth-order valence-corrected chi connectivity index (χ4v) is 3.86. The van der Waals surface area contributed by atoms with Crippen molar-refractivity contribution in [1.82, 2.24) is 5.32 Å². The van der Waals surface area contributed by atoms with Crippen LogP contribution in [0.4, 0.5) is 5.69 Å². The standard InChI is InChI=1S/C16H13BrN4OS2/c17-12-9-11(10-14-15(22)20-16(23)24-14)3-4-13(12)21(7-1-5-18)8-2-6-19/h3-4,9-10H,1-2,7-8H2,(H,20,22,23)/b14-10-. The molecule has 1 aliphatic rings. The minimum atomic E-state index is -0.185. The summed E-state index contributed by atoms with van der Waals surface area (Å²) in [5.41, 5.74) is 1.79. The molecule has 0 aromatic heterocycles. The quantitative estimate of drug-likeness (QED) is 0.559. The van der Waals surface area contributed by atoms with Crippen LogP contribution in [-0.4, -0.2) is 23.3 Å². The van der Waals surface area contributed by atoms with E-state index in [-0.39, 0.29) is 5.91 Å². The molecular weight excluding hydrogens is 408 g/mol. The summed E-state index contributed by atoms with van der Waals surface area (Å²) in [4.78, 5) is 14.3. The number of hydrogen-bond acceptors (Lipinski definition) is 6. The van der Waals surface area contributed by atoms with Gasteiger partial charge in [-0.05, 0) is 39.7 Å². The molecule has 1 aromatic carbocycles. The summed E-state index contributed by atoms with van der Waals surface area (Å²) in [5.74, 6) is -0.185. The number of carbonyl (C=O) groups excluding carboxylic acids is 1. The molecule has 1 aromatic rings. The lowest BCUT2D eigenvalue weighted by molar-refractivity contribution is -0.115. The van der Waals surface area contributed by atoms with Crippen LogP contribution in [0.3, 0.4) is 0 Å². The fourth-order valence-electron chi connectivity index (χ4n) is 2.16. The van der Waals surface area contributed by atoms with Crippen LogP contribution in [0.1, 0.15) is 18.4 Å². The van der Waals surface area contributed by atoms with Gasteiger partial charge in [0.1, 0.15) is 4.32 Å². The first-order valence-electron chi connectivity index (χ1n) is 7.08. The van der Waals surface area contributed by atoms with Gasteiger partial charge in [0.05, 0.1) is 35.6 Å². The Morgan fingerprint density at radius 1 is 1.29 bits per heavy atom. The minimum absolute atomic E-state index is 0.185. The highest BCUT2D eigenvalue weighted by atomic mass is 79.9. The second-order valence-electron chi connectivity index (χ2n) is 4.87. The van der Waals surface area contributed by atoms with Gasteiger partial charge in [0.15, 0.2) is 0 Å². The van der Waals surface area contributed by atoms with Crippen molar-refractivity contribution < 1.29 is 4.79 Å². The topological polar surface area (TPSA) is 79.9 Å². The summed E-state index contributed by atoms with van der Waals surface area (Å²) in [6.07, 6.45) is 2.55. The average molecular weight is 421 g/mol. The van der Waals surface area contributed by atoms with E-state index in [1.165, 1.54) is 11.8 Å². The van der Waals surface area contributed by atoms with Crippen LogP contribution in [0, 0.1) is 22.7 Å². The van der Waals surface area contributed by atoms with E-state index < -0.39 is 0 Å². The highest BCUT2D eigenvalue weighted by Crippen LogP contribution is 2.31. The molecule has 0 saturated carbocycles. The molecule has 122 valence electrons. The number of nitrogens with one attached hydrogen (secondary N) is 1. The molecule has 1 aliphatic heterocycles. The molecule has 1 N–H and O–H groups in total. The van der Waals surface area contributed by atoms with E-state index >= 15 is 0 Å². The van der Waals surface area contributed by atoms with Gasteiger partial charge in [0.2, 0.25) is 0 Å². The Bertz CT molecular complexity index is 761. The van der Waals surface area contributed by atoms with Gasteiger partial charge in [0.25, 0.3) is 5.91 Å². The molecule has 5 nitrogen and oxygen atoms in total. The van der Waals surface area contributed by atoms with Gasteiger partial charge in [-0.15, -0.1) is 0 Å². The summed E-state index contributed by atoms with van der Waals surface area (Å²) < 4.78 is 1.31. The van der Waals surface area contributed by atoms with Crippen molar-refractivity contribution in [1.29, 1.82) is 10.5 Å². The van der Waals surface area contributed by atoms with Crippen molar-refractivity contribution in [2.45, 2.75) is 12.8 Å². The third-order valence-corrected chi connectivity index (χ3v) is 5.04. The van der Waals surface area contributed by atoms with Crippen LogP contribution in [-0.2, 0) is 4.79 Å². The molecule has 0 radical (unpaired) electrons. The first kappa shape index (κ1) is 18.5. The van der Waals surface area contributed by atoms with Crippen molar-refractivity contribution in [3.8, 4) is 12.1 Å². The molecule has 24 heavy (non-hydrogen) atoms. The van der Waals surface area contributed by atoms with Crippen LogP contribution in [0.15, 0.2) is 27.6 Å². The summed E-state index contributed by atoms with van der Waals surface area (Å²) in [6, 6.07) is 9.97. The van der Waals surface area contributed by atoms with Gasteiger partial charge < -0.3 is 10.2 Å². The van der Waals surface area contributed by atoms with Gasteiger partial charge in [-0.1, -0.05) is 30.0 Å². The number of amides is 1. The van der Waals surface area contributed by atoms with E-state index in [0.717, 1.165) is 15.7 Å². The molecule has 0 aliphatic carbocycles. The zero-order chi connectivity index (χ0) is 17.5. The number of benzene rings is 1. The number of carbonyl (C=O) groups is 1. The Morgan fingerprint density at radius 3 is 2.46 bits per heavy atom. The third kappa shape index (κ3) is 4.81. The van der Waals surface area contributed by atoms with Crippen LogP contribution in [0.25, 0.3) is 6.08 Å². The van der Waals surface area contributed by atoms with E-state index in [0.29, 0.717) is 35.2 Å². The second-order valence-corrected chi connectivity index (χ2v) is 7.44. The Kier molecular flexibility index (Phi) is 6.80. The number of anilines is 1. The molecule has 8 heteroatoms. The Balaban J connectivity index is 2.23. The molecule has 1 saturated heterocycles. The van der Waals surface area contributed by atoms with Gasteiger partial charge in [-0.25, -0.2) is 0 Å². The summed E-state index contributed by atoms with van der Waals surface area (Å²) in [6.45, 7) is 1.12. The Hall–Kier alpha value is -1.87. The van der Waals surface area contributed by atoms with Crippen LogP contribution in [0.2, 0.25) is 0 Å². The van der Waals surface area contributed by atoms with E-state index in [1.54, 1.807) is 6.08 Å². The number of thioether (sulfide) groups is 1. The number of thiocarbonyl (C=S) groups is 1. The van der Waals surface area contributed by atoms with Gasteiger partial charge in [-0.2, -0.15) is 10.5 Å². The largest absolute Gasteiger partial charge is 0.369 e. The fraction of sp³-hybridized carbons (Fsp3) is 0.250. The highest BCUT2D eigenvalue weighted by molar-refractivity contribution is 9.10. The first-order chi connectivity index (χ1) is 11.5. The maximum absolute atomic E-state index is 11.7. The number of halogens is 1. The Labute approximate surface area is 158 Å². The number of hydrogen-bond donors (Lipinski definition) is 1. The summed E-state index contributed by atoms with van der Waals surface area (Å²) in [5, 5.41) is 20.2. The van der Waals surface area contributed by atoms with Gasteiger partial charge >= 0.3 is 0 Å². The molecule has 0 unspecified atom stereocenters. The van der Waals surface area contributed by atoms with Gasteiger partial charge in [-0.3, -0.25) is 4.79 Å². The normalized spacial score (nSPS) is 15.0. The van der Waals surface area contributed by atoms with Crippen molar-refractivity contribution in [2.24, 2.45) is 0 Å². The van der Waals surface area contributed by atoms with E-state index in [4.69, 9.17) is 22.7 Å². The third-order valence-electron chi connectivity index (χ3n) is 3.24.